The van der Waals surface area contributed by atoms with Crippen LogP contribution in [0, 0.1) is 0 Å². The molecule has 0 unspecified atom stereocenters. The molecule has 0 saturated heterocycles. The zero-order valence-electron chi connectivity index (χ0n) is 10.9. The van der Waals surface area contributed by atoms with Crippen molar-refractivity contribution in [2.75, 3.05) is 18.5 Å². The number of anilines is 1. The number of carbonyl (C=O) groups is 1. The van der Waals surface area contributed by atoms with E-state index in [9.17, 15) is 4.79 Å². The summed E-state index contributed by atoms with van der Waals surface area (Å²) in [4.78, 5) is 18.2. The number of aromatic nitrogens is 2. The van der Waals surface area contributed by atoms with Crippen LogP contribution >= 0.6 is 0 Å². The van der Waals surface area contributed by atoms with Crippen LogP contribution in [0.2, 0.25) is 0 Å². The van der Waals surface area contributed by atoms with Gasteiger partial charge >= 0.3 is 5.97 Å². The van der Waals surface area contributed by atoms with Crippen molar-refractivity contribution in [3.05, 3.63) is 18.1 Å². The highest BCUT2D eigenvalue weighted by molar-refractivity contribution is 5.83. The fourth-order valence-corrected chi connectivity index (χ4v) is 1.17. The number of carboxylic acids is 1. The summed E-state index contributed by atoms with van der Waals surface area (Å²) in [6.07, 6.45) is 2.35. The van der Waals surface area contributed by atoms with E-state index in [0.717, 1.165) is 6.42 Å². The molecule has 0 radical (unpaired) electrons. The van der Waals surface area contributed by atoms with E-state index in [-0.39, 0.29) is 11.4 Å². The summed E-state index contributed by atoms with van der Waals surface area (Å²) in [6.45, 7) is 7.23. The van der Waals surface area contributed by atoms with Crippen molar-refractivity contribution in [1.29, 1.82) is 0 Å². The zero-order valence-corrected chi connectivity index (χ0v) is 10.9. The molecule has 1 aromatic heterocycles. The average molecular weight is 253 g/mol. The second kappa shape index (κ2) is 6.30. The Morgan fingerprint density at radius 1 is 1.56 bits per heavy atom. The van der Waals surface area contributed by atoms with E-state index in [4.69, 9.17) is 9.84 Å². The van der Waals surface area contributed by atoms with E-state index >= 15 is 0 Å². The van der Waals surface area contributed by atoms with Crippen LogP contribution in [0.4, 0.5) is 5.82 Å². The van der Waals surface area contributed by atoms with Crippen LogP contribution in [0.1, 0.15) is 37.8 Å². The summed E-state index contributed by atoms with van der Waals surface area (Å²) in [7, 11) is 0. The van der Waals surface area contributed by atoms with Crippen molar-refractivity contribution in [2.45, 2.75) is 32.8 Å². The van der Waals surface area contributed by atoms with Gasteiger partial charge < -0.3 is 15.2 Å². The van der Waals surface area contributed by atoms with Crippen LogP contribution < -0.4 is 5.32 Å². The second-order valence-electron chi connectivity index (χ2n) is 4.46. The molecular weight excluding hydrogens is 234 g/mol. The van der Waals surface area contributed by atoms with Gasteiger partial charge in [-0.15, -0.1) is 0 Å². The van der Waals surface area contributed by atoms with Crippen molar-refractivity contribution < 1.29 is 14.6 Å². The van der Waals surface area contributed by atoms with Crippen molar-refractivity contribution >= 4 is 11.8 Å². The molecule has 0 atom stereocenters. The number of nitrogens with zero attached hydrogens (tertiary/aromatic N) is 2. The molecule has 0 amide bonds. The quantitative estimate of drug-likeness (QED) is 0.721. The van der Waals surface area contributed by atoms with Crippen LogP contribution in [0.15, 0.2) is 12.3 Å². The molecule has 6 heteroatoms. The number of aromatic carboxylic acids is 1. The van der Waals surface area contributed by atoms with Crippen LogP contribution in [0.25, 0.3) is 0 Å². The van der Waals surface area contributed by atoms with Gasteiger partial charge in [0.1, 0.15) is 5.82 Å². The van der Waals surface area contributed by atoms with E-state index in [1.54, 1.807) is 6.07 Å². The molecule has 6 nitrogen and oxygen atoms in total. The Kier molecular flexibility index (Phi) is 5.03. The third-order valence-corrected chi connectivity index (χ3v) is 2.60. The Morgan fingerprint density at radius 2 is 2.28 bits per heavy atom. The number of nitrogens with one attached hydrogen (secondary N) is 1. The molecule has 18 heavy (non-hydrogen) atoms. The maximum atomic E-state index is 10.7. The summed E-state index contributed by atoms with van der Waals surface area (Å²) in [6, 6.07) is 1.62. The fraction of sp³-hybridized carbons (Fsp3) is 0.583. The second-order valence-corrected chi connectivity index (χ2v) is 4.46. The molecule has 0 aliphatic heterocycles. The van der Waals surface area contributed by atoms with Gasteiger partial charge in [-0.3, -0.25) is 0 Å². The van der Waals surface area contributed by atoms with Crippen molar-refractivity contribution in [3.8, 4) is 0 Å². The summed E-state index contributed by atoms with van der Waals surface area (Å²) < 4.78 is 5.66. The number of hydrogen-bond acceptors (Lipinski definition) is 5. The Bertz CT molecular complexity index is 407. The molecule has 0 saturated carbocycles. The maximum absolute atomic E-state index is 10.7. The van der Waals surface area contributed by atoms with Gasteiger partial charge in [0.25, 0.3) is 0 Å². The van der Waals surface area contributed by atoms with Gasteiger partial charge in [0.2, 0.25) is 5.82 Å². The highest BCUT2D eigenvalue weighted by Crippen LogP contribution is 2.12. The highest BCUT2D eigenvalue weighted by Gasteiger charge is 2.14. The Hall–Kier alpha value is -1.69. The molecule has 1 rings (SSSR count). The van der Waals surface area contributed by atoms with E-state index in [2.05, 4.69) is 22.2 Å². The minimum atomic E-state index is -1.14. The zero-order chi connectivity index (χ0) is 13.6. The van der Waals surface area contributed by atoms with Gasteiger partial charge in [-0.1, -0.05) is 6.92 Å². The molecule has 1 aromatic rings. The van der Waals surface area contributed by atoms with Crippen molar-refractivity contribution in [1.82, 2.24) is 9.97 Å². The lowest BCUT2D eigenvalue weighted by Crippen LogP contribution is -2.26. The van der Waals surface area contributed by atoms with Gasteiger partial charge in [-0.05, 0) is 26.3 Å². The molecule has 100 valence electrons. The first-order valence-electron chi connectivity index (χ1n) is 5.89. The SMILES string of the molecule is CCC(C)(C)OCCNc1ccnc(C(=O)O)n1. The largest absolute Gasteiger partial charge is 0.475 e. The summed E-state index contributed by atoms with van der Waals surface area (Å²) in [5.74, 6) is -0.864. The average Bonchev–Trinajstić information content (AvgIpc) is 2.35. The standard InChI is InChI=1S/C12H19N3O3/c1-4-12(2,3)18-8-7-13-9-5-6-14-10(15-9)11(16)17/h5-6H,4,7-8H2,1-3H3,(H,16,17)(H,13,14,15). The molecule has 2 N–H and O–H groups in total. The minimum Gasteiger partial charge on any atom is -0.475 e. The van der Waals surface area contributed by atoms with Gasteiger partial charge in [-0.2, -0.15) is 0 Å². The molecule has 0 aliphatic carbocycles. The van der Waals surface area contributed by atoms with Crippen molar-refractivity contribution in [2.24, 2.45) is 0 Å². The van der Waals surface area contributed by atoms with Gasteiger partial charge in [-0.25, -0.2) is 14.8 Å². The normalized spacial score (nSPS) is 11.3. The topological polar surface area (TPSA) is 84.3 Å². The van der Waals surface area contributed by atoms with Crippen LogP contribution in [0.5, 0.6) is 0 Å². The van der Waals surface area contributed by atoms with Gasteiger partial charge in [0, 0.05) is 12.7 Å². The van der Waals surface area contributed by atoms with E-state index in [1.807, 2.05) is 13.8 Å². The fourth-order valence-electron chi connectivity index (χ4n) is 1.17. The number of carboxylic acid groups (broad SMARTS) is 1. The Labute approximate surface area is 106 Å². The molecule has 0 aromatic carbocycles. The number of ether oxygens (including phenoxy) is 1. The summed E-state index contributed by atoms with van der Waals surface area (Å²) >= 11 is 0. The van der Waals surface area contributed by atoms with E-state index in [0.29, 0.717) is 19.0 Å². The molecule has 0 spiro atoms. The van der Waals surface area contributed by atoms with Crippen LogP contribution in [-0.4, -0.2) is 39.8 Å². The van der Waals surface area contributed by atoms with E-state index in [1.165, 1.54) is 6.20 Å². The molecule has 1 heterocycles. The lowest BCUT2D eigenvalue weighted by molar-refractivity contribution is -0.0143. The Balaban J connectivity index is 2.40. The van der Waals surface area contributed by atoms with E-state index < -0.39 is 5.97 Å². The van der Waals surface area contributed by atoms with Crippen LogP contribution in [0.3, 0.4) is 0 Å². The third-order valence-electron chi connectivity index (χ3n) is 2.60. The monoisotopic (exact) mass is 253 g/mol. The number of rotatable bonds is 7. The molecule has 0 bridgehead atoms. The Morgan fingerprint density at radius 3 is 2.89 bits per heavy atom. The predicted octanol–water partition coefficient (Wildman–Crippen LogP) is 1.79. The first-order chi connectivity index (χ1) is 8.44. The lowest BCUT2D eigenvalue weighted by atomic mass is 10.1. The smallest absolute Gasteiger partial charge is 0.374 e. The van der Waals surface area contributed by atoms with Crippen LogP contribution in [-0.2, 0) is 4.74 Å². The summed E-state index contributed by atoms with van der Waals surface area (Å²) in [5.41, 5.74) is -0.139. The first kappa shape index (κ1) is 14.4. The number of hydrogen-bond donors (Lipinski definition) is 2. The predicted molar refractivity (Wildman–Crippen MR) is 67.8 cm³/mol. The first-order valence-corrected chi connectivity index (χ1v) is 5.89. The van der Waals surface area contributed by atoms with Crippen molar-refractivity contribution in [3.63, 3.8) is 0 Å². The molecule has 0 aliphatic rings. The van der Waals surface area contributed by atoms with Gasteiger partial charge in [0.05, 0.1) is 12.2 Å². The summed E-state index contributed by atoms with van der Waals surface area (Å²) in [5, 5.41) is 11.7. The maximum Gasteiger partial charge on any atom is 0.374 e. The van der Waals surface area contributed by atoms with Gasteiger partial charge in [0.15, 0.2) is 0 Å². The lowest BCUT2D eigenvalue weighted by Gasteiger charge is -2.23. The minimum absolute atomic E-state index is 0.139. The molecule has 0 fully saturated rings. The molecular formula is C12H19N3O3. The third kappa shape index (κ3) is 4.67. The highest BCUT2D eigenvalue weighted by atomic mass is 16.5.